The highest BCUT2D eigenvalue weighted by Gasteiger charge is 2.41. The van der Waals surface area contributed by atoms with Gasteiger partial charge in [-0.25, -0.2) is 4.79 Å². The molecule has 3 amide bonds. The second-order valence-corrected chi connectivity index (χ2v) is 12.3. The number of nitrogens with zero attached hydrogens (tertiary/aromatic N) is 3. The predicted octanol–water partition coefficient (Wildman–Crippen LogP) is 6.50. The molecule has 242 valence electrons. The monoisotopic (exact) mass is 617 g/mol. The minimum absolute atomic E-state index is 0.0278. The van der Waals surface area contributed by atoms with Crippen molar-refractivity contribution < 1.29 is 27.5 Å². The van der Waals surface area contributed by atoms with Gasteiger partial charge in [-0.05, 0) is 94.8 Å². The van der Waals surface area contributed by atoms with E-state index in [2.05, 4.69) is 45.9 Å². The van der Waals surface area contributed by atoms with Gasteiger partial charge in [0.2, 0.25) is 0 Å². The zero-order chi connectivity index (χ0) is 32.2. The van der Waals surface area contributed by atoms with Crippen LogP contribution in [-0.2, 0) is 0 Å². The van der Waals surface area contributed by atoms with Crippen LogP contribution in [-0.4, -0.2) is 83.8 Å². The van der Waals surface area contributed by atoms with Crippen LogP contribution in [0.25, 0.3) is 0 Å². The average Bonchev–Trinajstić information content (AvgIpc) is 2.94. The molecule has 0 spiro atoms. The summed E-state index contributed by atoms with van der Waals surface area (Å²) >= 11 is 0. The number of hydrogen-bond acceptors (Lipinski definition) is 5. The van der Waals surface area contributed by atoms with Crippen molar-refractivity contribution in [2.24, 2.45) is 0 Å². The summed E-state index contributed by atoms with van der Waals surface area (Å²) in [6.07, 6.45) is -2.11. The molecule has 2 aliphatic heterocycles. The first-order valence-electron chi connectivity index (χ1n) is 15.6. The van der Waals surface area contributed by atoms with Crippen molar-refractivity contribution in [3.63, 3.8) is 0 Å². The molecule has 2 fully saturated rings. The van der Waals surface area contributed by atoms with Crippen molar-refractivity contribution in [3.05, 3.63) is 58.7 Å². The van der Waals surface area contributed by atoms with E-state index in [1.165, 1.54) is 12.1 Å². The Kier molecular flexibility index (Phi) is 10.5. The summed E-state index contributed by atoms with van der Waals surface area (Å²) in [5, 5.41) is 5.55. The maximum Gasteiger partial charge on any atom is 0.573 e. The predicted molar refractivity (Wildman–Crippen MR) is 166 cm³/mol. The smallest absolute Gasteiger partial charge is 0.406 e. The van der Waals surface area contributed by atoms with E-state index in [4.69, 9.17) is 0 Å². The fraction of sp³-hybridized carbons (Fsp3) is 0.576. The normalized spacial score (nSPS) is 20.2. The van der Waals surface area contributed by atoms with E-state index in [1.54, 1.807) is 12.1 Å². The molecule has 0 aliphatic carbocycles. The molecule has 2 aromatic carbocycles. The number of nitrogens with one attached hydrogen (secondary N) is 2. The molecule has 0 unspecified atom stereocenters. The topological polar surface area (TPSA) is 77.2 Å². The maximum atomic E-state index is 13.6. The van der Waals surface area contributed by atoms with Crippen molar-refractivity contribution in [3.8, 4) is 5.75 Å². The van der Waals surface area contributed by atoms with Crippen LogP contribution in [0.5, 0.6) is 5.75 Å². The number of piperazine rings is 1. The van der Waals surface area contributed by atoms with Gasteiger partial charge in [-0.2, -0.15) is 0 Å². The van der Waals surface area contributed by atoms with Crippen LogP contribution >= 0.6 is 0 Å². The Labute approximate surface area is 258 Å². The van der Waals surface area contributed by atoms with Gasteiger partial charge in [-0.3, -0.25) is 14.6 Å². The van der Waals surface area contributed by atoms with Gasteiger partial charge in [0.05, 0.1) is 0 Å². The number of carbonyl (C=O) groups is 2. The molecule has 0 bridgehead atoms. The summed E-state index contributed by atoms with van der Waals surface area (Å²) in [6.45, 7) is 16.8. The summed E-state index contributed by atoms with van der Waals surface area (Å²) in [5.74, 6) is -0.176. The van der Waals surface area contributed by atoms with Crippen LogP contribution in [0.1, 0.15) is 80.0 Å². The Hall–Kier alpha value is -3.31. The highest BCUT2D eigenvalue weighted by Crippen LogP contribution is 2.36. The first-order valence-corrected chi connectivity index (χ1v) is 15.6. The van der Waals surface area contributed by atoms with Crippen LogP contribution in [0.4, 0.5) is 23.7 Å². The van der Waals surface area contributed by atoms with E-state index < -0.39 is 6.36 Å². The Morgan fingerprint density at radius 1 is 1.02 bits per heavy atom. The van der Waals surface area contributed by atoms with Crippen molar-refractivity contribution in [2.75, 3.05) is 44.6 Å². The number of hydrogen-bond donors (Lipinski definition) is 2. The van der Waals surface area contributed by atoms with Gasteiger partial charge < -0.3 is 20.3 Å². The molecule has 0 aromatic heterocycles. The van der Waals surface area contributed by atoms with Gasteiger partial charge in [0.15, 0.2) is 0 Å². The van der Waals surface area contributed by atoms with E-state index in [0.29, 0.717) is 30.9 Å². The number of anilines is 1. The third-order valence-corrected chi connectivity index (χ3v) is 9.20. The number of amides is 3. The molecule has 4 rings (SSSR count). The van der Waals surface area contributed by atoms with Gasteiger partial charge in [0.25, 0.3) is 5.91 Å². The molecule has 2 heterocycles. The summed E-state index contributed by atoms with van der Waals surface area (Å²) in [7, 11) is 0. The average molecular weight is 618 g/mol. The zero-order valence-corrected chi connectivity index (χ0v) is 26.7. The number of rotatable bonds is 8. The van der Waals surface area contributed by atoms with Crippen molar-refractivity contribution in [1.82, 2.24) is 20.0 Å². The fourth-order valence-corrected chi connectivity index (χ4v) is 6.85. The lowest BCUT2D eigenvalue weighted by Crippen LogP contribution is -2.62. The highest BCUT2D eigenvalue weighted by atomic mass is 19.4. The van der Waals surface area contributed by atoms with Crippen molar-refractivity contribution in [1.29, 1.82) is 0 Å². The number of piperidine rings is 1. The molecule has 2 aromatic rings. The molecular weight excluding hydrogens is 571 g/mol. The molecular formula is C33H46F3N5O3. The van der Waals surface area contributed by atoms with Crippen LogP contribution < -0.4 is 15.4 Å². The van der Waals surface area contributed by atoms with Gasteiger partial charge in [0.1, 0.15) is 5.75 Å². The van der Waals surface area contributed by atoms with E-state index in [0.717, 1.165) is 55.6 Å². The van der Waals surface area contributed by atoms with Gasteiger partial charge >= 0.3 is 12.4 Å². The number of urea groups is 1. The van der Waals surface area contributed by atoms with Crippen LogP contribution in [0.15, 0.2) is 36.4 Å². The largest absolute Gasteiger partial charge is 0.573 e. The highest BCUT2D eigenvalue weighted by molar-refractivity contribution is 5.98. The Morgan fingerprint density at radius 3 is 2.16 bits per heavy atom. The summed E-state index contributed by atoms with van der Waals surface area (Å²) < 4.78 is 41.9. The molecule has 0 radical (unpaired) electrons. The number of benzene rings is 2. The number of ether oxygens (including phenoxy) is 1. The Morgan fingerprint density at radius 2 is 1.64 bits per heavy atom. The molecule has 2 saturated heterocycles. The first-order chi connectivity index (χ1) is 20.7. The summed E-state index contributed by atoms with van der Waals surface area (Å²) in [5.41, 5.74) is 4.00. The lowest BCUT2D eigenvalue weighted by Gasteiger charge is -2.53. The Bertz CT molecular complexity index is 1290. The lowest BCUT2D eigenvalue weighted by atomic mass is 9.85. The standard InChI is InChI=1S/C33H46F3N5O3/c1-7-28(25-9-11-27(12-10-25)44-33(34,35)36)41-18-17-40(21-24(41)5)32(6)13-15-39(16-14-32)30(42)29-22(3)19-26(20-23(29)4)38-31(43)37-8-2/h9-12,19-20,24,28H,7-8,13-18,21H2,1-6H3,(H2,37,38,43)/t24-,28-/m0/s1. The third kappa shape index (κ3) is 7.85. The first kappa shape index (κ1) is 33.6. The number of alkyl halides is 3. The number of likely N-dealkylation sites (tertiary alicyclic amines) is 1. The quantitative estimate of drug-likeness (QED) is 0.354. The number of aryl methyl sites for hydroxylation is 2. The van der Waals surface area contributed by atoms with Crippen molar-refractivity contribution in [2.45, 2.75) is 84.8 Å². The SMILES string of the molecule is CCNC(=O)Nc1cc(C)c(C(=O)N2CCC(C)(N3CCN([C@@H](CC)c4ccc(OC(F)(F)F)cc4)[C@@H](C)C3)CC2)c(C)c1. The third-order valence-electron chi connectivity index (χ3n) is 9.20. The number of halogens is 3. The molecule has 0 saturated carbocycles. The van der Waals surface area contributed by atoms with Gasteiger partial charge in [-0.1, -0.05) is 19.1 Å². The molecule has 2 N–H and O–H groups in total. The molecule has 2 aliphatic rings. The van der Waals surface area contributed by atoms with Gasteiger partial charge in [-0.15, -0.1) is 13.2 Å². The molecule has 2 atom stereocenters. The molecule has 11 heteroatoms. The Balaban J connectivity index is 1.36. The second-order valence-electron chi connectivity index (χ2n) is 12.3. The molecule has 8 nitrogen and oxygen atoms in total. The van der Waals surface area contributed by atoms with Crippen LogP contribution in [0.2, 0.25) is 0 Å². The minimum atomic E-state index is -4.70. The van der Waals surface area contributed by atoms with Crippen LogP contribution in [0.3, 0.4) is 0 Å². The fourth-order valence-electron chi connectivity index (χ4n) is 6.85. The van der Waals surface area contributed by atoms with Gasteiger partial charge in [0, 0.05) is 68.1 Å². The zero-order valence-electron chi connectivity index (χ0n) is 26.7. The summed E-state index contributed by atoms with van der Waals surface area (Å²) in [4.78, 5) is 32.5. The molecule has 44 heavy (non-hydrogen) atoms. The van der Waals surface area contributed by atoms with E-state index in [-0.39, 0.29) is 35.3 Å². The van der Waals surface area contributed by atoms with E-state index in [9.17, 15) is 22.8 Å². The van der Waals surface area contributed by atoms with E-state index >= 15 is 0 Å². The minimum Gasteiger partial charge on any atom is -0.406 e. The van der Waals surface area contributed by atoms with Crippen molar-refractivity contribution >= 4 is 17.6 Å². The second kappa shape index (κ2) is 13.8. The van der Waals surface area contributed by atoms with Crippen LogP contribution in [0, 0.1) is 13.8 Å². The summed E-state index contributed by atoms with van der Waals surface area (Å²) in [6, 6.07) is 10.0. The lowest BCUT2D eigenvalue weighted by molar-refractivity contribution is -0.274. The maximum absolute atomic E-state index is 13.6. The van der Waals surface area contributed by atoms with E-state index in [1.807, 2.05) is 37.8 Å². The number of carbonyl (C=O) groups excluding carboxylic acids is 2.